The molecular formula is C5H10N2O4S. The minimum Gasteiger partial charge on any atom is -0.480 e. The standard InChI is InChI=1S/C5H10N2O4S/c8-5(9)4-7-3-1-2-6-12(7,10)11/h6H,1-4H2,(H,8,9). The van der Waals surface area contributed by atoms with Crippen LogP contribution in [0, 0.1) is 0 Å². The Morgan fingerprint density at radius 3 is 2.75 bits per heavy atom. The lowest BCUT2D eigenvalue weighted by Crippen LogP contribution is -2.48. The van der Waals surface area contributed by atoms with E-state index in [0.717, 1.165) is 4.31 Å². The van der Waals surface area contributed by atoms with Crippen molar-refractivity contribution < 1.29 is 18.3 Å². The number of rotatable bonds is 2. The second-order valence-corrected chi connectivity index (χ2v) is 4.24. The summed E-state index contributed by atoms with van der Waals surface area (Å²) in [4.78, 5) is 10.2. The molecule has 1 saturated heterocycles. The third kappa shape index (κ3) is 2.16. The number of hydrogen-bond donors (Lipinski definition) is 2. The minimum absolute atomic E-state index is 0.279. The van der Waals surface area contributed by atoms with Gasteiger partial charge in [-0.15, -0.1) is 0 Å². The summed E-state index contributed by atoms with van der Waals surface area (Å²) >= 11 is 0. The van der Waals surface area contributed by atoms with Crippen molar-refractivity contribution in [1.29, 1.82) is 0 Å². The van der Waals surface area contributed by atoms with E-state index in [1.54, 1.807) is 0 Å². The van der Waals surface area contributed by atoms with Crippen LogP contribution >= 0.6 is 0 Å². The summed E-state index contributed by atoms with van der Waals surface area (Å²) in [5, 5.41) is 8.36. The Balaban J connectivity index is 2.67. The average Bonchev–Trinajstić information content (AvgIpc) is 1.92. The molecule has 12 heavy (non-hydrogen) atoms. The molecular weight excluding hydrogens is 184 g/mol. The molecule has 0 saturated carbocycles. The van der Waals surface area contributed by atoms with Crippen LogP contribution in [0.2, 0.25) is 0 Å². The number of carboxylic acids is 1. The van der Waals surface area contributed by atoms with Crippen molar-refractivity contribution in [2.75, 3.05) is 19.6 Å². The van der Waals surface area contributed by atoms with Gasteiger partial charge in [-0.2, -0.15) is 12.7 Å². The van der Waals surface area contributed by atoms with E-state index in [1.807, 2.05) is 0 Å². The molecule has 70 valence electrons. The van der Waals surface area contributed by atoms with E-state index in [2.05, 4.69) is 4.72 Å². The van der Waals surface area contributed by atoms with Crippen LogP contribution in [0.1, 0.15) is 6.42 Å². The van der Waals surface area contributed by atoms with E-state index in [4.69, 9.17) is 5.11 Å². The van der Waals surface area contributed by atoms with Gasteiger partial charge < -0.3 is 5.11 Å². The molecule has 6 nitrogen and oxygen atoms in total. The fourth-order valence-electron chi connectivity index (χ4n) is 0.983. The van der Waals surface area contributed by atoms with E-state index in [9.17, 15) is 13.2 Å². The Hall–Kier alpha value is -0.660. The fraction of sp³-hybridized carbons (Fsp3) is 0.800. The van der Waals surface area contributed by atoms with E-state index >= 15 is 0 Å². The van der Waals surface area contributed by atoms with Gasteiger partial charge in [0, 0.05) is 13.1 Å². The third-order valence-corrected chi connectivity index (χ3v) is 3.08. The Morgan fingerprint density at radius 2 is 2.25 bits per heavy atom. The topological polar surface area (TPSA) is 86.7 Å². The number of hydrogen-bond acceptors (Lipinski definition) is 3. The number of nitrogens with zero attached hydrogens (tertiary/aromatic N) is 1. The average molecular weight is 194 g/mol. The summed E-state index contributed by atoms with van der Waals surface area (Å²) in [6.07, 6.45) is 0.645. The van der Waals surface area contributed by atoms with Crippen LogP contribution in [-0.4, -0.2) is 43.4 Å². The molecule has 0 aromatic rings. The molecule has 0 amide bonds. The Labute approximate surface area is 70.4 Å². The van der Waals surface area contributed by atoms with Gasteiger partial charge >= 0.3 is 5.97 Å². The molecule has 0 atom stereocenters. The van der Waals surface area contributed by atoms with Crippen LogP contribution < -0.4 is 4.72 Å². The lowest BCUT2D eigenvalue weighted by Gasteiger charge is -2.24. The molecule has 0 radical (unpaired) electrons. The Morgan fingerprint density at radius 1 is 1.58 bits per heavy atom. The smallest absolute Gasteiger partial charge is 0.318 e. The maximum absolute atomic E-state index is 11.1. The van der Waals surface area contributed by atoms with Gasteiger partial charge in [-0.25, -0.2) is 4.72 Å². The molecule has 0 bridgehead atoms. The van der Waals surface area contributed by atoms with Crippen molar-refractivity contribution in [3.05, 3.63) is 0 Å². The van der Waals surface area contributed by atoms with Gasteiger partial charge in [0.15, 0.2) is 0 Å². The van der Waals surface area contributed by atoms with Crippen molar-refractivity contribution in [3.63, 3.8) is 0 Å². The summed E-state index contributed by atoms with van der Waals surface area (Å²) in [6, 6.07) is 0. The maximum atomic E-state index is 11.1. The number of nitrogens with one attached hydrogen (secondary N) is 1. The molecule has 7 heteroatoms. The first kappa shape index (κ1) is 9.43. The van der Waals surface area contributed by atoms with Gasteiger partial charge in [-0.05, 0) is 6.42 Å². The second kappa shape index (κ2) is 3.38. The second-order valence-electron chi connectivity index (χ2n) is 2.48. The van der Waals surface area contributed by atoms with Gasteiger partial charge in [0.25, 0.3) is 10.2 Å². The highest BCUT2D eigenvalue weighted by molar-refractivity contribution is 7.87. The summed E-state index contributed by atoms with van der Waals surface area (Å²) in [6.45, 7) is 0.204. The van der Waals surface area contributed by atoms with E-state index in [1.165, 1.54) is 0 Å². The van der Waals surface area contributed by atoms with Crippen LogP contribution in [0.25, 0.3) is 0 Å². The lowest BCUT2D eigenvalue weighted by molar-refractivity contribution is -0.137. The van der Waals surface area contributed by atoms with Crippen molar-refractivity contribution in [2.45, 2.75) is 6.42 Å². The Bertz CT molecular complexity index is 273. The monoisotopic (exact) mass is 194 g/mol. The summed E-state index contributed by atoms with van der Waals surface area (Å²) in [5.41, 5.74) is 0. The maximum Gasteiger partial charge on any atom is 0.318 e. The van der Waals surface area contributed by atoms with Crippen molar-refractivity contribution in [3.8, 4) is 0 Å². The molecule has 1 aliphatic heterocycles. The van der Waals surface area contributed by atoms with Gasteiger partial charge in [-0.3, -0.25) is 4.79 Å². The molecule has 0 unspecified atom stereocenters. The molecule has 1 fully saturated rings. The number of carboxylic acid groups (broad SMARTS) is 1. The molecule has 0 aromatic heterocycles. The van der Waals surface area contributed by atoms with Crippen LogP contribution in [-0.2, 0) is 15.0 Å². The largest absolute Gasteiger partial charge is 0.480 e. The van der Waals surface area contributed by atoms with Crippen LogP contribution in [0.5, 0.6) is 0 Å². The van der Waals surface area contributed by atoms with Crippen LogP contribution in [0.3, 0.4) is 0 Å². The van der Waals surface area contributed by atoms with Crippen molar-refractivity contribution >= 4 is 16.2 Å². The first-order chi connectivity index (χ1) is 5.52. The lowest BCUT2D eigenvalue weighted by atomic mass is 10.4. The molecule has 1 heterocycles. The highest BCUT2D eigenvalue weighted by atomic mass is 32.2. The molecule has 0 aromatic carbocycles. The van der Waals surface area contributed by atoms with Crippen molar-refractivity contribution in [1.82, 2.24) is 9.03 Å². The fourth-order valence-corrected chi connectivity index (χ4v) is 2.22. The summed E-state index contributed by atoms with van der Waals surface area (Å²) in [7, 11) is -3.52. The Kier molecular flexibility index (Phi) is 2.65. The predicted octanol–water partition coefficient (Wildman–Crippen LogP) is -1.39. The normalized spacial score (nSPS) is 23.7. The van der Waals surface area contributed by atoms with E-state index < -0.39 is 22.7 Å². The van der Waals surface area contributed by atoms with Gasteiger partial charge in [0.05, 0.1) is 0 Å². The van der Waals surface area contributed by atoms with Crippen molar-refractivity contribution in [2.24, 2.45) is 0 Å². The number of carbonyl (C=O) groups is 1. The van der Waals surface area contributed by atoms with Gasteiger partial charge in [0.1, 0.15) is 6.54 Å². The molecule has 2 N–H and O–H groups in total. The zero-order valence-corrected chi connectivity index (χ0v) is 7.17. The highest BCUT2D eigenvalue weighted by Crippen LogP contribution is 2.04. The molecule has 0 aliphatic carbocycles. The van der Waals surface area contributed by atoms with Gasteiger partial charge in [0.2, 0.25) is 0 Å². The van der Waals surface area contributed by atoms with Gasteiger partial charge in [-0.1, -0.05) is 0 Å². The van der Waals surface area contributed by atoms with Crippen LogP contribution in [0.15, 0.2) is 0 Å². The molecule has 0 spiro atoms. The highest BCUT2D eigenvalue weighted by Gasteiger charge is 2.26. The van der Waals surface area contributed by atoms with Crippen LogP contribution in [0.4, 0.5) is 0 Å². The SMILES string of the molecule is O=C(O)CN1CCCNS1(=O)=O. The van der Waals surface area contributed by atoms with E-state index in [0.29, 0.717) is 13.0 Å². The predicted molar refractivity (Wildman–Crippen MR) is 40.7 cm³/mol. The summed E-state index contributed by atoms with van der Waals surface area (Å²) < 4.78 is 25.3. The first-order valence-electron chi connectivity index (χ1n) is 3.49. The number of aliphatic carboxylic acids is 1. The first-order valence-corrected chi connectivity index (χ1v) is 4.93. The summed E-state index contributed by atoms with van der Waals surface area (Å²) in [5.74, 6) is -1.14. The zero-order chi connectivity index (χ0) is 9.19. The zero-order valence-electron chi connectivity index (χ0n) is 6.36. The quantitative estimate of drug-likeness (QED) is 0.566. The molecule has 1 aliphatic rings. The third-order valence-electron chi connectivity index (χ3n) is 1.52. The van der Waals surface area contributed by atoms with E-state index in [-0.39, 0.29) is 6.54 Å². The molecule has 1 rings (SSSR count). The minimum atomic E-state index is -3.52.